The molecule has 0 amide bonds. The second-order valence-corrected chi connectivity index (χ2v) is 7.10. The monoisotopic (exact) mass is 426 g/mol. The van der Waals surface area contributed by atoms with Crippen LogP contribution < -0.4 is 22.1 Å². The molecule has 0 aliphatic carbocycles. The lowest BCUT2D eigenvalue weighted by Gasteiger charge is -2.13. The highest BCUT2D eigenvalue weighted by atomic mass is 35.5. The molecule has 0 bridgehead atoms. The number of nitrogens with one attached hydrogen (secondary N) is 2. The van der Waals surface area contributed by atoms with E-state index in [0.29, 0.717) is 22.4 Å². The summed E-state index contributed by atoms with van der Waals surface area (Å²) in [6, 6.07) is 10.8. The average molecular weight is 427 g/mol. The Balaban J connectivity index is 1.84. The molecule has 0 aliphatic heterocycles. The molecule has 0 spiro atoms. The van der Waals surface area contributed by atoms with Gasteiger partial charge in [-0.25, -0.2) is 4.79 Å². The fourth-order valence-corrected chi connectivity index (χ4v) is 3.33. The van der Waals surface area contributed by atoms with Crippen molar-refractivity contribution in [3.63, 3.8) is 0 Å². The van der Waals surface area contributed by atoms with Crippen molar-refractivity contribution in [3.05, 3.63) is 86.4 Å². The van der Waals surface area contributed by atoms with Crippen LogP contribution in [0.5, 0.6) is 0 Å². The van der Waals surface area contributed by atoms with Gasteiger partial charge in [0.2, 0.25) is 5.95 Å². The van der Waals surface area contributed by atoms with E-state index >= 15 is 0 Å². The fraction of sp³-hybridized carbons (Fsp3) is 0.150. The molecule has 4 rings (SSSR count). The van der Waals surface area contributed by atoms with Crippen molar-refractivity contribution in [1.82, 2.24) is 24.1 Å². The summed E-state index contributed by atoms with van der Waals surface area (Å²) in [5.41, 5.74) is 6.75. The van der Waals surface area contributed by atoms with E-state index in [-0.39, 0.29) is 17.7 Å². The average Bonchev–Trinajstić information content (AvgIpc) is 3.39. The van der Waals surface area contributed by atoms with Crippen molar-refractivity contribution >= 4 is 34.4 Å². The Morgan fingerprint density at radius 1 is 1.17 bits per heavy atom. The lowest BCUT2D eigenvalue weighted by Crippen LogP contribution is -2.37. The van der Waals surface area contributed by atoms with Gasteiger partial charge in [-0.05, 0) is 23.8 Å². The van der Waals surface area contributed by atoms with Crippen LogP contribution >= 0.6 is 11.6 Å². The Hall–Kier alpha value is -3.72. The Morgan fingerprint density at radius 3 is 2.63 bits per heavy atom. The molecule has 4 aromatic rings. The largest absolute Gasteiger partial charge is 0.463 e. The Morgan fingerprint density at radius 2 is 1.93 bits per heavy atom. The second-order valence-electron chi connectivity index (χ2n) is 6.70. The maximum absolute atomic E-state index is 12.9. The van der Waals surface area contributed by atoms with Crippen molar-refractivity contribution < 1.29 is 4.42 Å². The van der Waals surface area contributed by atoms with E-state index in [9.17, 15) is 9.59 Å². The number of nitrogens with zero attached hydrogens (tertiary/aromatic N) is 4. The number of hydrogen-bond donors (Lipinski definition) is 2. The van der Waals surface area contributed by atoms with E-state index < -0.39 is 11.2 Å². The molecule has 0 aliphatic rings. The van der Waals surface area contributed by atoms with Crippen LogP contribution in [0.15, 0.2) is 63.2 Å². The van der Waals surface area contributed by atoms with Crippen LogP contribution in [-0.2, 0) is 20.6 Å². The lowest BCUT2D eigenvalue weighted by atomic mass is 10.2. The standard InChI is InChI=1S/C20H19ClN6O3/c1-12(15-9-6-10-30-15)23-24-19-22-17-16(18(28)26(3)20(29)25(17)2)27(19)11-13-7-4-5-8-14(13)21/h4-10,23H,1,11H2,2-3H3,(H,22,24). The highest BCUT2D eigenvalue weighted by Gasteiger charge is 2.20. The molecule has 3 heterocycles. The molecule has 154 valence electrons. The van der Waals surface area contributed by atoms with Gasteiger partial charge in [0.15, 0.2) is 16.9 Å². The number of anilines is 1. The molecule has 9 nitrogen and oxygen atoms in total. The molecule has 30 heavy (non-hydrogen) atoms. The van der Waals surface area contributed by atoms with Crippen LogP contribution in [0, 0.1) is 0 Å². The second kappa shape index (κ2) is 7.60. The van der Waals surface area contributed by atoms with Crippen molar-refractivity contribution in [2.75, 3.05) is 5.43 Å². The molecule has 0 saturated heterocycles. The third-order valence-corrected chi connectivity index (χ3v) is 5.15. The smallest absolute Gasteiger partial charge is 0.332 e. The van der Waals surface area contributed by atoms with Gasteiger partial charge in [-0.15, -0.1) is 0 Å². The van der Waals surface area contributed by atoms with E-state index in [1.807, 2.05) is 18.2 Å². The van der Waals surface area contributed by atoms with Crippen LogP contribution in [0.1, 0.15) is 11.3 Å². The number of rotatable bonds is 6. The van der Waals surface area contributed by atoms with Crippen LogP contribution in [0.3, 0.4) is 0 Å². The number of imidazole rings is 1. The summed E-state index contributed by atoms with van der Waals surface area (Å²) >= 11 is 6.33. The quantitative estimate of drug-likeness (QED) is 0.459. The minimum absolute atomic E-state index is 0.253. The maximum Gasteiger partial charge on any atom is 0.332 e. The number of hydrogen-bond acceptors (Lipinski definition) is 6. The summed E-state index contributed by atoms with van der Waals surface area (Å²) in [6.07, 6.45) is 1.54. The van der Waals surface area contributed by atoms with Gasteiger partial charge < -0.3 is 4.42 Å². The Bertz CT molecular complexity index is 1360. The molecule has 0 fully saturated rings. The first-order chi connectivity index (χ1) is 14.4. The van der Waals surface area contributed by atoms with E-state index in [0.717, 1.165) is 10.1 Å². The summed E-state index contributed by atoms with van der Waals surface area (Å²) < 4.78 is 9.35. The third kappa shape index (κ3) is 3.29. The Labute approximate surface area is 175 Å². The van der Waals surface area contributed by atoms with E-state index in [1.165, 1.54) is 17.9 Å². The summed E-state index contributed by atoms with van der Waals surface area (Å²) in [6.45, 7) is 4.18. The van der Waals surface area contributed by atoms with Gasteiger partial charge in [0.1, 0.15) is 0 Å². The van der Waals surface area contributed by atoms with Gasteiger partial charge in [0.25, 0.3) is 5.56 Å². The van der Waals surface area contributed by atoms with Crippen LogP contribution in [-0.4, -0.2) is 18.7 Å². The number of hydrazine groups is 1. The minimum Gasteiger partial charge on any atom is -0.463 e. The summed E-state index contributed by atoms with van der Waals surface area (Å²) in [7, 11) is 3.00. The first-order valence-corrected chi connectivity index (χ1v) is 9.40. The van der Waals surface area contributed by atoms with Crippen molar-refractivity contribution in [3.8, 4) is 0 Å². The van der Waals surface area contributed by atoms with Gasteiger partial charge in [0, 0.05) is 19.1 Å². The molecule has 2 N–H and O–H groups in total. The van der Waals surface area contributed by atoms with E-state index in [2.05, 4.69) is 22.4 Å². The van der Waals surface area contributed by atoms with Crippen molar-refractivity contribution in [2.45, 2.75) is 6.54 Å². The zero-order chi connectivity index (χ0) is 21.4. The number of furan rings is 1. The number of fused-ring (bicyclic) bond motifs is 1. The van der Waals surface area contributed by atoms with Crippen LogP contribution in [0.4, 0.5) is 5.95 Å². The topological polar surface area (TPSA) is 99.0 Å². The molecule has 0 atom stereocenters. The zero-order valence-corrected chi connectivity index (χ0v) is 17.1. The third-order valence-electron chi connectivity index (χ3n) is 4.78. The normalized spacial score (nSPS) is 11.0. The molecule has 0 unspecified atom stereocenters. The molecular formula is C20H19ClN6O3. The van der Waals surface area contributed by atoms with Crippen molar-refractivity contribution in [2.24, 2.45) is 14.1 Å². The first-order valence-electron chi connectivity index (χ1n) is 9.03. The van der Waals surface area contributed by atoms with Crippen LogP contribution in [0.25, 0.3) is 16.9 Å². The number of halogens is 1. The highest BCUT2D eigenvalue weighted by Crippen LogP contribution is 2.22. The number of benzene rings is 1. The molecule has 10 heteroatoms. The highest BCUT2D eigenvalue weighted by molar-refractivity contribution is 6.31. The Kier molecular flexibility index (Phi) is 4.96. The number of aryl methyl sites for hydroxylation is 1. The molecule has 1 aromatic carbocycles. The van der Waals surface area contributed by atoms with E-state index in [1.54, 1.807) is 29.8 Å². The summed E-state index contributed by atoms with van der Waals surface area (Å²) in [5.74, 6) is 0.857. The van der Waals surface area contributed by atoms with Gasteiger partial charge in [0.05, 0.1) is 18.5 Å². The minimum atomic E-state index is -0.464. The lowest BCUT2D eigenvalue weighted by molar-refractivity contribution is 0.549. The van der Waals surface area contributed by atoms with Gasteiger partial charge >= 0.3 is 5.69 Å². The maximum atomic E-state index is 12.9. The number of aromatic nitrogens is 4. The van der Waals surface area contributed by atoms with Gasteiger partial charge in [-0.2, -0.15) is 4.98 Å². The van der Waals surface area contributed by atoms with Gasteiger partial charge in [-0.1, -0.05) is 36.4 Å². The van der Waals surface area contributed by atoms with Crippen LogP contribution in [0.2, 0.25) is 5.02 Å². The molecular weight excluding hydrogens is 408 g/mol. The zero-order valence-electron chi connectivity index (χ0n) is 16.3. The molecule has 3 aromatic heterocycles. The molecule has 0 saturated carbocycles. The SMILES string of the molecule is C=C(NNc1nc2c(c(=O)n(C)c(=O)n2C)n1Cc1ccccc1Cl)c1ccco1. The summed E-state index contributed by atoms with van der Waals surface area (Å²) in [4.78, 5) is 29.7. The predicted molar refractivity (Wildman–Crippen MR) is 115 cm³/mol. The van der Waals surface area contributed by atoms with E-state index in [4.69, 9.17) is 16.0 Å². The molecule has 0 radical (unpaired) electrons. The van der Waals surface area contributed by atoms with Gasteiger partial charge in [-0.3, -0.25) is 29.3 Å². The predicted octanol–water partition coefficient (Wildman–Crippen LogP) is 2.32. The fourth-order valence-electron chi connectivity index (χ4n) is 3.14. The first kappa shape index (κ1) is 19.6. The van der Waals surface area contributed by atoms with Crippen molar-refractivity contribution in [1.29, 1.82) is 0 Å². The summed E-state index contributed by atoms with van der Waals surface area (Å²) in [5, 5.41) is 0.555.